The first kappa shape index (κ1) is 17.0. The van der Waals surface area contributed by atoms with Crippen molar-refractivity contribution in [1.82, 2.24) is 4.90 Å². The molecule has 0 fully saturated rings. The van der Waals surface area contributed by atoms with Gasteiger partial charge in [-0.2, -0.15) is 13.2 Å². The molecule has 2 nitrogen and oxygen atoms in total. The van der Waals surface area contributed by atoms with E-state index in [1.165, 1.54) is 4.90 Å². The lowest BCUT2D eigenvalue weighted by Crippen LogP contribution is -2.44. The zero-order valence-corrected chi connectivity index (χ0v) is 12.2. The summed E-state index contributed by atoms with van der Waals surface area (Å²) >= 11 is 0. The lowest BCUT2D eigenvalue weighted by molar-refractivity contribution is -0.151. The first-order valence-corrected chi connectivity index (χ1v) is 6.91. The third kappa shape index (κ3) is 4.80. The molecule has 2 atom stereocenters. The number of nitrogens with two attached hydrogens (primary N) is 1. The molecular formula is C15H23F3N2. The van der Waals surface area contributed by atoms with E-state index >= 15 is 0 Å². The molecule has 0 radical (unpaired) electrons. The smallest absolute Gasteiger partial charge is 0.326 e. The Morgan fingerprint density at radius 2 is 1.70 bits per heavy atom. The maximum absolute atomic E-state index is 12.7. The Morgan fingerprint density at radius 1 is 1.15 bits per heavy atom. The summed E-state index contributed by atoms with van der Waals surface area (Å²) in [5.41, 5.74) is 8.00. The monoisotopic (exact) mass is 288 g/mol. The number of hydrogen-bond donors (Lipinski definition) is 1. The van der Waals surface area contributed by atoms with Crippen LogP contribution in [0.5, 0.6) is 0 Å². The summed E-state index contributed by atoms with van der Waals surface area (Å²) in [6.07, 6.45) is -3.58. The summed E-state index contributed by atoms with van der Waals surface area (Å²) in [4.78, 5) is 1.40. The van der Waals surface area contributed by atoms with Crippen molar-refractivity contribution in [2.24, 2.45) is 5.73 Å². The molecule has 0 aliphatic heterocycles. The van der Waals surface area contributed by atoms with Gasteiger partial charge in [-0.05, 0) is 25.5 Å². The van der Waals surface area contributed by atoms with Gasteiger partial charge in [0.1, 0.15) is 0 Å². The molecule has 0 saturated heterocycles. The van der Waals surface area contributed by atoms with Gasteiger partial charge in [-0.25, -0.2) is 0 Å². The van der Waals surface area contributed by atoms with Gasteiger partial charge in [-0.1, -0.05) is 43.7 Å². The van der Waals surface area contributed by atoms with Crippen LogP contribution < -0.4 is 5.73 Å². The van der Waals surface area contributed by atoms with Crippen LogP contribution in [0.3, 0.4) is 0 Å². The molecule has 114 valence electrons. The van der Waals surface area contributed by atoms with Crippen molar-refractivity contribution in [3.05, 3.63) is 35.4 Å². The molecule has 5 heteroatoms. The first-order valence-electron chi connectivity index (χ1n) is 6.91. The van der Waals surface area contributed by atoms with E-state index in [-0.39, 0.29) is 6.04 Å². The minimum Gasteiger partial charge on any atom is -0.326 e. The average Bonchev–Trinajstić information content (AvgIpc) is 2.38. The van der Waals surface area contributed by atoms with E-state index in [9.17, 15) is 13.2 Å². The number of alkyl halides is 3. The first-order chi connectivity index (χ1) is 9.28. The fraction of sp³-hybridized carbons (Fsp3) is 0.600. The molecule has 0 aliphatic carbocycles. The van der Waals surface area contributed by atoms with Crippen LogP contribution in [0.15, 0.2) is 24.3 Å². The molecule has 2 unspecified atom stereocenters. The van der Waals surface area contributed by atoms with Gasteiger partial charge in [0, 0.05) is 6.04 Å². The summed E-state index contributed by atoms with van der Waals surface area (Å²) in [6, 6.07) is 6.83. The maximum Gasteiger partial charge on any atom is 0.401 e. The van der Waals surface area contributed by atoms with Crippen molar-refractivity contribution in [3.8, 4) is 0 Å². The largest absolute Gasteiger partial charge is 0.401 e. The highest BCUT2D eigenvalue weighted by atomic mass is 19.4. The van der Waals surface area contributed by atoms with Crippen molar-refractivity contribution in [2.75, 3.05) is 13.1 Å². The van der Waals surface area contributed by atoms with Gasteiger partial charge in [0.15, 0.2) is 0 Å². The van der Waals surface area contributed by atoms with E-state index in [0.717, 1.165) is 11.1 Å². The average molecular weight is 288 g/mol. The topological polar surface area (TPSA) is 29.3 Å². The molecule has 0 bridgehead atoms. The summed E-state index contributed by atoms with van der Waals surface area (Å²) in [5, 5.41) is 0. The standard InChI is InChI=1S/C15H23F3N2/c1-4-13(19)14(12-8-6-11(3)7-9-12)20(5-2)10-15(16,17)18/h6-9,13-14H,4-5,10,19H2,1-3H3. The molecule has 0 heterocycles. The van der Waals surface area contributed by atoms with E-state index in [0.29, 0.717) is 13.0 Å². The molecule has 0 amide bonds. The van der Waals surface area contributed by atoms with E-state index < -0.39 is 18.8 Å². The summed E-state index contributed by atoms with van der Waals surface area (Å²) in [5.74, 6) is 0. The quantitative estimate of drug-likeness (QED) is 0.865. The highest BCUT2D eigenvalue weighted by Crippen LogP contribution is 2.28. The Hall–Kier alpha value is -1.07. The van der Waals surface area contributed by atoms with Gasteiger partial charge in [-0.15, -0.1) is 0 Å². The van der Waals surface area contributed by atoms with Crippen molar-refractivity contribution in [2.45, 2.75) is 45.5 Å². The zero-order valence-electron chi connectivity index (χ0n) is 12.2. The molecule has 0 aliphatic rings. The van der Waals surface area contributed by atoms with Crippen molar-refractivity contribution in [1.29, 1.82) is 0 Å². The maximum atomic E-state index is 12.7. The van der Waals surface area contributed by atoms with Crippen LogP contribution >= 0.6 is 0 Å². The Morgan fingerprint density at radius 3 is 2.10 bits per heavy atom. The van der Waals surface area contributed by atoms with Crippen LogP contribution in [0, 0.1) is 6.92 Å². The van der Waals surface area contributed by atoms with Crippen molar-refractivity contribution >= 4 is 0 Å². The SMILES string of the molecule is CCC(N)C(c1ccc(C)cc1)N(CC)CC(F)(F)F. The van der Waals surface area contributed by atoms with Crippen LogP contribution in [0.4, 0.5) is 13.2 Å². The zero-order chi connectivity index (χ0) is 15.3. The lowest BCUT2D eigenvalue weighted by atomic mass is 9.95. The van der Waals surface area contributed by atoms with Crippen LogP contribution in [0.2, 0.25) is 0 Å². The summed E-state index contributed by atoms with van der Waals surface area (Å²) in [7, 11) is 0. The third-order valence-electron chi connectivity index (χ3n) is 3.48. The van der Waals surface area contributed by atoms with E-state index in [2.05, 4.69) is 0 Å². The fourth-order valence-electron chi connectivity index (χ4n) is 2.35. The number of halogens is 3. The van der Waals surface area contributed by atoms with Crippen molar-refractivity contribution in [3.63, 3.8) is 0 Å². The van der Waals surface area contributed by atoms with Gasteiger partial charge in [0.25, 0.3) is 0 Å². The van der Waals surface area contributed by atoms with Gasteiger partial charge in [0.05, 0.1) is 12.6 Å². The molecule has 2 N–H and O–H groups in total. The normalized spacial score (nSPS) is 15.4. The number of benzene rings is 1. The van der Waals surface area contributed by atoms with Gasteiger partial charge < -0.3 is 5.73 Å². The summed E-state index contributed by atoms with van der Waals surface area (Å²) in [6.45, 7) is 4.95. The molecule has 0 spiro atoms. The fourth-order valence-corrected chi connectivity index (χ4v) is 2.35. The highest BCUT2D eigenvalue weighted by Gasteiger charge is 2.35. The number of likely N-dealkylation sites (N-methyl/N-ethyl adjacent to an activating group) is 1. The van der Waals surface area contributed by atoms with E-state index in [1.807, 2.05) is 38.1 Å². The minimum absolute atomic E-state index is 0.311. The molecule has 20 heavy (non-hydrogen) atoms. The summed E-state index contributed by atoms with van der Waals surface area (Å²) < 4.78 is 38.2. The van der Waals surface area contributed by atoms with Crippen LogP contribution in [0.1, 0.15) is 37.4 Å². The molecule has 0 saturated carbocycles. The predicted molar refractivity (Wildman–Crippen MR) is 75.5 cm³/mol. The minimum atomic E-state index is -4.22. The molecule has 1 rings (SSSR count). The Kier molecular flexibility index (Phi) is 6.02. The number of rotatable bonds is 6. The van der Waals surface area contributed by atoms with Crippen LogP contribution in [-0.2, 0) is 0 Å². The van der Waals surface area contributed by atoms with E-state index in [4.69, 9.17) is 5.73 Å². The lowest BCUT2D eigenvalue weighted by Gasteiger charge is -2.35. The number of hydrogen-bond acceptors (Lipinski definition) is 2. The Bertz CT molecular complexity index is 401. The predicted octanol–water partition coefficient (Wildman–Crippen LogP) is 3.66. The number of aryl methyl sites for hydroxylation is 1. The van der Waals surface area contributed by atoms with E-state index in [1.54, 1.807) is 6.92 Å². The second-order valence-corrected chi connectivity index (χ2v) is 5.11. The van der Waals surface area contributed by atoms with Crippen LogP contribution in [-0.4, -0.2) is 30.2 Å². The molecule has 1 aromatic carbocycles. The Labute approximate surface area is 118 Å². The second kappa shape index (κ2) is 7.09. The molecule has 0 aromatic heterocycles. The van der Waals surface area contributed by atoms with Crippen molar-refractivity contribution < 1.29 is 13.2 Å². The molecular weight excluding hydrogens is 265 g/mol. The third-order valence-corrected chi connectivity index (χ3v) is 3.48. The Balaban J connectivity index is 3.07. The highest BCUT2D eigenvalue weighted by molar-refractivity contribution is 5.25. The molecule has 1 aromatic rings. The van der Waals surface area contributed by atoms with Gasteiger partial charge in [0.2, 0.25) is 0 Å². The van der Waals surface area contributed by atoms with Gasteiger partial charge >= 0.3 is 6.18 Å². The second-order valence-electron chi connectivity index (χ2n) is 5.11. The number of nitrogens with zero attached hydrogens (tertiary/aromatic N) is 1. The van der Waals surface area contributed by atoms with Gasteiger partial charge in [-0.3, -0.25) is 4.90 Å². The van der Waals surface area contributed by atoms with Crippen LogP contribution in [0.25, 0.3) is 0 Å².